The molecule has 0 unspecified atom stereocenters. The predicted molar refractivity (Wildman–Crippen MR) is 128 cm³/mol. The largest absolute Gasteiger partial charge is 0.445 e. The number of anilines is 2. The summed E-state index contributed by atoms with van der Waals surface area (Å²) in [5.74, 6) is -0.598. The molecule has 3 aromatic rings. The highest BCUT2D eigenvalue weighted by molar-refractivity contribution is 5.98. The summed E-state index contributed by atoms with van der Waals surface area (Å²) in [4.78, 5) is 36.9. The van der Waals surface area contributed by atoms with Crippen LogP contribution in [0.5, 0.6) is 0 Å². The maximum Gasteiger partial charge on any atom is 0.408 e. The Balaban J connectivity index is 1.70. The van der Waals surface area contributed by atoms with E-state index in [2.05, 4.69) is 16.0 Å². The van der Waals surface area contributed by atoms with Gasteiger partial charge in [-0.2, -0.15) is 0 Å². The number of carbonyl (C=O) groups excluding carboxylic acids is 3. The van der Waals surface area contributed by atoms with Crippen molar-refractivity contribution in [1.82, 2.24) is 5.32 Å². The second kappa shape index (κ2) is 11.5. The van der Waals surface area contributed by atoms with Gasteiger partial charge in [0.1, 0.15) is 12.6 Å². The van der Waals surface area contributed by atoms with Crippen LogP contribution in [0.3, 0.4) is 0 Å². The first-order valence-electron chi connectivity index (χ1n) is 10.6. The van der Waals surface area contributed by atoms with Gasteiger partial charge in [-0.3, -0.25) is 9.59 Å². The van der Waals surface area contributed by atoms with Crippen LogP contribution in [0.4, 0.5) is 16.2 Å². The monoisotopic (exact) mass is 445 g/mol. The molecule has 3 rings (SSSR count). The molecule has 3 amide bonds. The Bertz CT molecular complexity index is 1100. The molecule has 0 heterocycles. The number of ether oxygens (including phenoxy) is 1. The molecule has 0 saturated heterocycles. The van der Waals surface area contributed by atoms with Gasteiger partial charge in [0.25, 0.3) is 0 Å². The van der Waals surface area contributed by atoms with Gasteiger partial charge in [-0.05, 0) is 35.7 Å². The number of aryl methyl sites for hydroxylation is 1. The Morgan fingerprint density at radius 2 is 1.48 bits per heavy atom. The lowest BCUT2D eigenvalue weighted by molar-refractivity contribution is -0.118. The summed E-state index contributed by atoms with van der Waals surface area (Å²) in [6, 6.07) is 23.1. The molecule has 0 aromatic heterocycles. The van der Waals surface area contributed by atoms with E-state index in [1.165, 1.54) is 6.92 Å². The van der Waals surface area contributed by atoms with E-state index in [0.717, 1.165) is 16.7 Å². The van der Waals surface area contributed by atoms with Crippen LogP contribution in [-0.4, -0.2) is 23.9 Å². The number of alkyl carbamates (subject to hydrolysis) is 1. The van der Waals surface area contributed by atoms with Crippen molar-refractivity contribution in [3.8, 4) is 0 Å². The van der Waals surface area contributed by atoms with Crippen LogP contribution in [0.2, 0.25) is 0 Å². The number of nitrogens with one attached hydrogen (secondary N) is 3. The van der Waals surface area contributed by atoms with Crippen LogP contribution < -0.4 is 16.0 Å². The topological polar surface area (TPSA) is 96.5 Å². The summed E-state index contributed by atoms with van der Waals surface area (Å²) in [5.41, 5.74) is 3.72. The highest BCUT2D eigenvalue weighted by Gasteiger charge is 2.22. The Morgan fingerprint density at radius 1 is 0.848 bits per heavy atom. The number of amides is 3. The van der Waals surface area contributed by atoms with E-state index in [1.807, 2.05) is 67.6 Å². The third-order valence-corrected chi connectivity index (χ3v) is 4.92. The van der Waals surface area contributed by atoms with E-state index in [9.17, 15) is 14.4 Å². The molecule has 3 aromatic carbocycles. The summed E-state index contributed by atoms with van der Waals surface area (Å²) in [6.45, 7) is 3.38. The number of hydrogen-bond acceptors (Lipinski definition) is 4. The lowest BCUT2D eigenvalue weighted by Crippen LogP contribution is -2.45. The second-order valence-electron chi connectivity index (χ2n) is 7.65. The van der Waals surface area contributed by atoms with Crippen molar-refractivity contribution in [1.29, 1.82) is 0 Å². The van der Waals surface area contributed by atoms with Crippen molar-refractivity contribution in [2.45, 2.75) is 32.9 Å². The fourth-order valence-electron chi connectivity index (χ4n) is 3.22. The van der Waals surface area contributed by atoms with Crippen LogP contribution >= 0.6 is 0 Å². The van der Waals surface area contributed by atoms with Crippen molar-refractivity contribution in [2.24, 2.45) is 0 Å². The molecule has 3 N–H and O–H groups in total. The fourth-order valence-corrected chi connectivity index (χ4v) is 3.22. The minimum atomic E-state index is -0.860. The Hall–Kier alpha value is -4.13. The van der Waals surface area contributed by atoms with Crippen molar-refractivity contribution in [3.63, 3.8) is 0 Å². The average molecular weight is 446 g/mol. The van der Waals surface area contributed by atoms with Gasteiger partial charge in [0, 0.05) is 24.7 Å². The van der Waals surface area contributed by atoms with Gasteiger partial charge in [-0.15, -0.1) is 0 Å². The first-order valence-corrected chi connectivity index (χ1v) is 10.6. The van der Waals surface area contributed by atoms with Gasteiger partial charge in [0.05, 0.1) is 0 Å². The molecule has 0 saturated carbocycles. The number of rotatable bonds is 8. The van der Waals surface area contributed by atoms with Gasteiger partial charge >= 0.3 is 6.09 Å². The van der Waals surface area contributed by atoms with Crippen molar-refractivity contribution < 1.29 is 19.1 Å². The minimum Gasteiger partial charge on any atom is -0.445 e. The van der Waals surface area contributed by atoms with E-state index in [-0.39, 0.29) is 18.9 Å². The molecule has 0 aliphatic heterocycles. The maximum absolute atomic E-state index is 13.1. The highest BCUT2D eigenvalue weighted by atomic mass is 16.5. The first kappa shape index (κ1) is 23.5. The minimum absolute atomic E-state index is 0.102. The third kappa shape index (κ3) is 7.50. The zero-order valence-corrected chi connectivity index (χ0v) is 18.6. The maximum atomic E-state index is 13.1. The third-order valence-electron chi connectivity index (χ3n) is 4.92. The molecule has 1 atom stereocenters. The Kier molecular flexibility index (Phi) is 8.18. The Labute approximate surface area is 193 Å². The van der Waals surface area contributed by atoms with E-state index in [4.69, 9.17) is 4.74 Å². The van der Waals surface area contributed by atoms with Crippen LogP contribution in [0.25, 0.3) is 0 Å². The van der Waals surface area contributed by atoms with Crippen LogP contribution in [0, 0.1) is 6.92 Å². The van der Waals surface area contributed by atoms with Gasteiger partial charge < -0.3 is 20.7 Å². The second-order valence-corrected chi connectivity index (χ2v) is 7.65. The molecular weight excluding hydrogens is 418 g/mol. The zero-order chi connectivity index (χ0) is 23.6. The lowest BCUT2D eigenvalue weighted by atomic mass is 10.1. The van der Waals surface area contributed by atoms with E-state index < -0.39 is 18.0 Å². The molecular formula is C26H27N3O4. The summed E-state index contributed by atoms with van der Waals surface area (Å²) in [5, 5.41) is 8.23. The van der Waals surface area contributed by atoms with Crippen molar-refractivity contribution >= 4 is 29.3 Å². The van der Waals surface area contributed by atoms with Crippen LogP contribution in [0.1, 0.15) is 23.6 Å². The molecule has 0 bridgehead atoms. The SMILES string of the molecule is CC(=O)Nc1cc(NC(=O)[C@H](Cc2ccccc2)NC(=O)OCc2ccccc2)ccc1C. The standard InChI is InChI=1S/C26H27N3O4/c1-18-13-14-22(16-23(18)27-19(2)30)28-25(31)24(15-20-9-5-3-6-10-20)29-26(32)33-17-21-11-7-4-8-12-21/h3-14,16,24H,15,17H2,1-2H3,(H,27,30)(H,28,31)(H,29,32)/t24-/m0/s1. The molecule has 33 heavy (non-hydrogen) atoms. The number of carbonyl (C=O) groups is 3. The smallest absolute Gasteiger partial charge is 0.408 e. The summed E-state index contributed by atoms with van der Waals surface area (Å²) in [6.07, 6.45) is -0.393. The average Bonchev–Trinajstić information content (AvgIpc) is 2.80. The van der Waals surface area contributed by atoms with Gasteiger partial charge in [-0.25, -0.2) is 4.79 Å². The fraction of sp³-hybridized carbons (Fsp3) is 0.192. The van der Waals surface area contributed by atoms with Crippen LogP contribution in [-0.2, 0) is 27.4 Å². The summed E-state index contributed by atoms with van der Waals surface area (Å²) >= 11 is 0. The quantitative estimate of drug-likeness (QED) is 0.478. The molecule has 0 fully saturated rings. The Morgan fingerprint density at radius 3 is 2.12 bits per heavy atom. The molecule has 0 aliphatic carbocycles. The van der Waals surface area contributed by atoms with E-state index in [0.29, 0.717) is 11.4 Å². The van der Waals surface area contributed by atoms with Crippen molar-refractivity contribution in [2.75, 3.05) is 10.6 Å². The normalized spacial score (nSPS) is 11.2. The molecule has 170 valence electrons. The molecule has 0 aliphatic rings. The first-order chi connectivity index (χ1) is 15.9. The summed E-state index contributed by atoms with van der Waals surface area (Å²) < 4.78 is 5.30. The molecule has 0 radical (unpaired) electrons. The van der Waals surface area contributed by atoms with E-state index in [1.54, 1.807) is 18.2 Å². The highest BCUT2D eigenvalue weighted by Crippen LogP contribution is 2.20. The van der Waals surface area contributed by atoms with Gasteiger partial charge in [0.15, 0.2) is 0 Å². The van der Waals surface area contributed by atoms with Gasteiger partial charge in [-0.1, -0.05) is 66.7 Å². The number of hydrogen-bond donors (Lipinski definition) is 3. The predicted octanol–water partition coefficient (Wildman–Crippen LogP) is 4.43. The molecule has 7 heteroatoms. The number of benzene rings is 3. The molecule has 7 nitrogen and oxygen atoms in total. The lowest BCUT2D eigenvalue weighted by Gasteiger charge is -2.19. The zero-order valence-electron chi connectivity index (χ0n) is 18.6. The van der Waals surface area contributed by atoms with Gasteiger partial charge in [0.2, 0.25) is 11.8 Å². The summed E-state index contributed by atoms with van der Waals surface area (Å²) in [7, 11) is 0. The van der Waals surface area contributed by atoms with Crippen molar-refractivity contribution in [3.05, 3.63) is 95.6 Å². The van der Waals surface area contributed by atoms with Crippen LogP contribution in [0.15, 0.2) is 78.9 Å². The molecule has 0 spiro atoms. The van der Waals surface area contributed by atoms with E-state index >= 15 is 0 Å².